The van der Waals surface area contributed by atoms with Crippen molar-refractivity contribution in [1.82, 2.24) is 10.6 Å². The van der Waals surface area contributed by atoms with Crippen molar-refractivity contribution >= 4 is 35.6 Å². The molecular formula is C21H29F2IN4O2. The highest BCUT2D eigenvalue weighted by atomic mass is 127. The van der Waals surface area contributed by atoms with Gasteiger partial charge in [-0.15, -0.1) is 24.0 Å². The first-order valence-corrected chi connectivity index (χ1v) is 9.57. The van der Waals surface area contributed by atoms with Gasteiger partial charge in [-0.2, -0.15) is 8.78 Å². The van der Waals surface area contributed by atoms with E-state index in [1.807, 2.05) is 30.3 Å². The number of alkyl halides is 2. The second-order valence-corrected chi connectivity index (χ2v) is 6.05. The van der Waals surface area contributed by atoms with Gasteiger partial charge in [0, 0.05) is 37.9 Å². The molecular weight excluding hydrogens is 505 g/mol. The summed E-state index contributed by atoms with van der Waals surface area (Å²) < 4.78 is 35.7. The maximum Gasteiger partial charge on any atom is 0.387 e. The van der Waals surface area contributed by atoms with Crippen LogP contribution in [0.15, 0.2) is 53.5 Å². The average molecular weight is 534 g/mol. The highest BCUT2D eigenvalue weighted by molar-refractivity contribution is 14.0. The number of aliphatic imine (C=N–C) groups is 1. The number of halogens is 3. The third-order valence-corrected chi connectivity index (χ3v) is 3.99. The van der Waals surface area contributed by atoms with Crippen LogP contribution in [0.3, 0.4) is 0 Å². The second-order valence-electron chi connectivity index (χ2n) is 6.05. The van der Waals surface area contributed by atoms with Gasteiger partial charge in [0.1, 0.15) is 0 Å². The number of anilines is 1. The van der Waals surface area contributed by atoms with Gasteiger partial charge in [0.05, 0.1) is 6.61 Å². The molecule has 0 bridgehead atoms. The fraction of sp³-hybridized carbons (Fsp3) is 0.381. The molecule has 2 rings (SSSR count). The van der Waals surface area contributed by atoms with Gasteiger partial charge < -0.3 is 25.4 Å². The Kier molecular flexibility index (Phi) is 12.6. The number of para-hydroxylation sites is 2. The highest BCUT2D eigenvalue weighted by Gasteiger charge is 2.15. The number of hydrogen-bond acceptors (Lipinski definition) is 4. The third kappa shape index (κ3) is 9.02. The summed E-state index contributed by atoms with van der Waals surface area (Å²) in [5.74, 6) is 0.913. The van der Waals surface area contributed by atoms with E-state index in [9.17, 15) is 8.78 Å². The fourth-order valence-electron chi connectivity index (χ4n) is 2.68. The first-order chi connectivity index (χ1) is 14.1. The minimum absolute atomic E-state index is 0. The summed E-state index contributed by atoms with van der Waals surface area (Å²) in [7, 11) is 1.66. The Bertz CT molecular complexity index is 764. The van der Waals surface area contributed by atoms with E-state index in [0.717, 1.165) is 18.7 Å². The van der Waals surface area contributed by atoms with Crippen molar-refractivity contribution < 1.29 is 18.3 Å². The predicted octanol–water partition coefficient (Wildman–Crippen LogP) is 4.47. The van der Waals surface area contributed by atoms with Gasteiger partial charge in [0.15, 0.2) is 17.5 Å². The fourth-order valence-corrected chi connectivity index (χ4v) is 2.68. The predicted molar refractivity (Wildman–Crippen MR) is 127 cm³/mol. The van der Waals surface area contributed by atoms with E-state index in [4.69, 9.17) is 4.74 Å². The molecule has 0 aromatic heterocycles. The maximum atomic E-state index is 12.8. The molecule has 0 heterocycles. The SMILES string of the molecule is CCOc1cccc(CNC(=NC)NCCCNc2ccccc2)c1OC(F)F.I. The average Bonchev–Trinajstić information content (AvgIpc) is 2.72. The van der Waals surface area contributed by atoms with Crippen molar-refractivity contribution in [3.05, 3.63) is 54.1 Å². The van der Waals surface area contributed by atoms with Crippen molar-refractivity contribution in [1.29, 1.82) is 0 Å². The number of benzene rings is 2. The van der Waals surface area contributed by atoms with Gasteiger partial charge in [-0.25, -0.2) is 0 Å². The first-order valence-electron chi connectivity index (χ1n) is 9.57. The summed E-state index contributed by atoms with van der Waals surface area (Å²) >= 11 is 0. The van der Waals surface area contributed by atoms with Crippen LogP contribution in [-0.4, -0.2) is 39.3 Å². The van der Waals surface area contributed by atoms with Crippen LogP contribution < -0.4 is 25.4 Å². The largest absolute Gasteiger partial charge is 0.490 e. The van der Waals surface area contributed by atoms with E-state index in [1.54, 1.807) is 32.2 Å². The van der Waals surface area contributed by atoms with Crippen molar-refractivity contribution in [3.8, 4) is 11.5 Å². The molecule has 2 aromatic rings. The Morgan fingerprint density at radius 1 is 1.03 bits per heavy atom. The lowest BCUT2D eigenvalue weighted by molar-refractivity contribution is -0.0520. The molecule has 0 saturated heterocycles. The molecule has 6 nitrogen and oxygen atoms in total. The van der Waals surface area contributed by atoms with Crippen LogP contribution in [0.25, 0.3) is 0 Å². The number of guanidine groups is 1. The van der Waals surface area contributed by atoms with Crippen molar-refractivity contribution in [3.63, 3.8) is 0 Å². The Morgan fingerprint density at radius 2 is 1.80 bits per heavy atom. The third-order valence-electron chi connectivity index (χ3n) is 3.99. The minimum Gasteiger partial charge on any atom is -0.490 e. The topological polar surface area (TPSA) is 66.9 Å². The monoisotopic (exact) mass is 534 g/mol. The summed E-state index contributed by atoms with van der Waals surface area (Å²) in [6.45, 7) is 1.01. The van der Waals surface area contributed by atoms with Gasteiger partial charge in [0.25, 0.3) is 0 Å². The van der Waals surface area contributed by atoms with Gasteiger partial charge in [0.2, 0.25) is 0 Å². The van der Waals surface area contributed by atoms with Crippen molar-refractivity contribution in [2.75, 3.05) is 32.1 Å². The van der Waals surface area contributed by atoms with Crippen molar-refractivity contribution in [2.45, 2.75) is 26.5 Å². The lowest BCUT2D eigenvalue weighted by Crippen LogP contribution is -2.37. The number of ether oxygens (including phenoxy) is 2. The quantitative estimate of drug-likeness (QED) is 0.172. The standard InChI is InChI=1S/C21H28F2N4O2.HI/c1-3-28-18-12-7-9-16(19(18)29-20(22)23)15-27-21(24-2)26-14-8-13-25-17-10-5-4-6-11-17;/h4-7,9-12,20,25H,3,8,13-15H2,1-2H3,(H2,24,26,27);1H. The van der Waals surface area contributed by atoms with Gasteiger partial charge >= 0.3 is 6.61 Å². The zero-order chi connectivity index (χ0) is 20.9. The molecule has 0 atom stereocenters. The molecule has 3 N–H and O–H groups in total. The number of hydrogen-bond donors (Lipinski definition) is 3. The van der Waals surface area contributed by atoms with Crippen LogP contribution in [0.5, 0.6) is 11.5 Å². The van der Waals surface area contributed by atoms with Gasteiger partial charge in [-0.1, -0.05) is 30.3 Å². The molecule has 0 unspecified atom stereocenters. The van der Waals surface area contributed by atoms with Crippen LogP contribution in [-0.2, 0) is 6.54 Å². The number of nitrogens with one attached hydrogen (secondary N) is 3. The summed E-state index contributed by atoms with van der Waals surface area (Å²) in [6, 6.07) is 15.0. The summed E-state index contributed by atoms with van der Waals surface area (Å²) in [4.78, 5) is 4.16. The Labute approximate surface area is 193 Å². The first kappa shape index (κ1) is 25.7. The molecule has 2 aromatic carbocycles. The van der Waals surface area contributed by atoms with Gasteiger partial charge in [-0.05, 0) is 31.5 Å². The molecule has 0 spiro atoms. The summed E-state index contributed by atoms with van der Waals surface area (Å²) in [6.07, 6.45) is 0.884. The van der Waals surface area contributed by atoms with Crippen LogP contribution in [0, 0.1) is 0 Å². The molecule has 0 fully saturated rings. The van der Waals surface area contributed by atoms with Crippen LogP contribution in [0.2, 0.25) is 0 Å². The summed E-state index contributed by atoms with van der Waals surface area (Å²) in [5.41, 5.74) is 1.64. The smallest absolute Gasteiger partial charge is 0.387 e. The second kappa shape index (κ2) is 14.6. The minimum atomic E-state index is -2.93. The molecule has 0 aliphatic heterocycles. The Morgan fingerprint density at radius 3 is 2.47 bits per heavy atom. The Hall–Kier alpha value is -2.30. The lowest BCUT2D eigenvalue weighted by Gasteiger charge is -2.17. The molecule has 166 valence electrons. The van der Waals surface area contributed by atoms with Crippen molar-refractivity contribution in [2.24, 2.45) is 4.99 Å². The molecule has 9 heteroatoms. The normalized spacial score (nSPS) is 10.9. The van der Waals surface area contributed by atoms with Gasteiger partial charge in [-0.3, -0.25) is 4.99 Å². The van der Waals surface area contributed by atoms with E-state index >= 15 is 0 Å². The van der Waals surface area contributed by atoms with E-state index < -0.39 is 6.61 Å². The van der Waals surface area contributed by atoms with E-state index in [-0.39, 0.29) is 36.3 Å². The van der Waals surface area contributed by atoms with E-state index in [1.165, 1.54) is 0 Å². The maximum absolute atomic E-state index is 12.8. The summed E-state index contributed by atoms with van der Waals surface area (Å²) in [5, 5.41) is 9.66. The molecule has 0 aliphatic rings. The molecule has 0 aliphatic carbocycles. The van der Waals surface area contributed by atoms with Crippen LogP contribution >= 0.6 is 24.0 Å². The zero-order valence-corrected chi connectivity index (χ0v) is 19.5. The molecule has 0 amide bonds. The molecule has 0 saturated carbocycles. The highest BCUT2D eigenvalue weighted by Crippen LogP contribution is 2.32. The lowest BCUT2D eigenvalue weighted by atomic mass is 10.2. The van der Waals surface area contributed by atoms with Crippen LogP contribution in [0.1, 0.15) is 18.9 Å². The Balaban J connectivity index is 0.00000450. The number of rotatable bonds is 11. The van der Waals surface area contributed by atoms with E-state index in [2.05, 4.69) is 25.7 Å². The molecule has 0 radical (unpaired) electrons. The van der Waals surface area contributed by atoms with E-state index in [0.29, 0.717) is 30.4 Å². The number of nitrogens with zero attached hydrogens (tertiary/aromatic N) is 1. The zero-order valence-electron chi connectivity index (χ0n) is 17.2. The van der Waals surface area contributed by atoms with Crippen LogP contribution in [0.4, 0.5) is 14.5 Å². The molecule has 30 heavy (non-hydrogen) atoms.